The number of rotatable bonds is 4. The average Bonchev–Trinajstić information content (AvgIpc) is 3.47. The van der Waals surface area contributed by atoms with Crippen molar-refractivity contribution in [3.63, 3.8) is 0 Å². The molecule has 2 aliphatic rings. The van der Waals surface area contributed by atoms with E-state index < -0.39 is 0 Å². The van der Waals surface area contributed by atoms with E-state index in [1.54, 1.807) is 6.20 Å². The third-order valence-corrected chi connectivity index (χ3v) is 7.94. The molecule has 3 aromatic heterocycles. The third kappa shape index (κ3) is 4.50. The number of amides is 1. The van der Waals surface area contributed by atoms with E-state index in [0.717, 1.165) is 63.7 Å². The fraction of sp³-hybridized carbons (Fsp3) is 0.444. The van der Waals surface area contributed by atoms with Crippen LogP contribution in [-0.2, 0) is 16.0 Å². The van der Waals surface area contributed by atoms with Crippen LogP contribution in [0.15, 0.2) is 47.3 Å². The standard InChI is InChI=1S/C27H29BrN6O2/c1-16-14-33(15-17(2)36-16)27(35)20-6-5-18(10-20)11-24-30-13-22-25(28)32-34(26(22)31-24)21-7-8-23-19(12-21)4-3-9-29-23/h3-4,7-9,12-13,16-18,20H,5-6,10-11,14-15H2,1-2H3/t16-,17-,18+,20+/m0/s1. The highest BCUT2D eigenvalue weighted by Gasteiger charge is 2.35. The topological polar surface area (TPSA) is 86.0 Å². The lowest BCUT2D eigenvalue weighted by molar-refractivity contribution is -0.147. The highest BCUT2D eigenvalue weighted by Crippen LogP contribution is 2.35. The van der Waals surface area contributed by atoms with Crippen LogP contribution in [0.25, 0.3) is 27.6 Å². The van der Waals surface area contributed by atoms with E-state index in [-0.39, 0.29) is 24.0 Å². The first-order chi connectivity index (χ1) is 17.4. The van der Waals surface area contributed by atoms with Gasteiger partial charge in [-0.1, -0.05) is 6.07 Å². The van der Waals surface area contributed by atoms with Gasteiger partial charge in [-0.05, 0) is 79.2 Å². The number of carbonyl (C=O) groups excluding carboxylic acids is 1. The maximum absolute atomic E-state index is 13.2. The minimum atomic E-state index is 0.0853. The molecule has 1 aliphatic carbocycles. The number of nitrogens with zero attached hydrogens (tertiary/aromatic N) is 6. The maximum atomic E-state index is 13.2. The largest absolute Gasteiger partial charge is 0.372 e. The Morgan fingerprint density at radius 3 is 2.81 bits per heavy atom. The Bertz CT molecular complexity index is 1430. The summed E-state index contributed by atoms with van der Waals surface area (Å²) in [7, 11) is 0. The molecule has 1 amide bonds. The molecule has 0 unspecified atom stereocenters. The van der Waals surface area contributed by atoms with Crippen molar-refractivity contribution in [3.8, 4) is 5.69 Å². The lowest BCUT2D eigenvalue weighted by atomic mass is 10.00. The zero-order chi connectivity index (χ0) is 24.8. The monoisotopic (exact) mass is 548 g/mol. The molecule has 6 rings (SSSR count). The lowest BCUT2D eigenvalue weighted by Gasteiger charge is -2.36. The van der Waals surface area contributed by atoms with Gasteiger partial charge >= 0.3 is 0 Å². The van der Waals surface area contributed by atoms with Crippen molar-refractivity contribution in [2.45, 2.75) is 51.7 Å². The number of aromatic nitrogens is 5. The van der Waals surface area contributed by atoms with Gasteiger partial charge in [0.15, 0.2) is 5.65 Å². The summed E-state index contributed by atoms with van der Waals surface area (Å²) in [6.07, 6.45) is 7.44. The molecule has 186 valence electrons. The molecule has 0 radical (unpaired) electrons. The molecule has 1 aliphatic heterocycles. The molecule has 9 heteroatoms. The predicted molar refractivity (Wildman–Crippen MR) is 141 cm³/mol. The van der Waals surface area contributed by atoms with E-state index in [9.17, 15) is 4.79 Å². The van der Waals surface area contributed by atoms with Gasteiger partial charge in [0.05, 0.1) is 28.8 Å². The number of hydrogen-bond acceptors (Lipinski definition) is 6. The Hall–Kier alpha value is -2.91. The zero-order valence-electron chi connectivity index (χ0n) is 20.5. The van der Waals surface area contributed by atoms with Gasteiger partial charge in [0.25, 0.3) is 0 Å². The summed E-state index contributed by atoms with van der Waals surface area (Å²) in [4.78, 5) is 29.2. The second-order valence-electron chi connectivity index (χ2n) is 10.2. The predicted octanol–water partition coefficient (Wildman–Crippen LogP) is 4.72. The molecule has 1 aromatic carbocycles. The number of halogens is 1. The second-order valence-corrected chi connectivity index (χ2v) is 10.9. The van der Waals surface area contributed by atoms with E-state index >= 15 is 0 Å². The molecule has 1 saturated carbocycles. The molecule has 2 fully saturated rings. The Kier molecular flexibility index (Phi) is 6.21. The van der Waals surface area contributed by atoms with E-state index in [1.165, 1.54) is 0 Å². The third-order valence-electron chi connectivity index (χ3n) is 7.35. The number of ether oxygens (including phenoxy) is 1. The highest BCUT2D eigenvalue weighted by molar-refractivity contribution is 9.10. The van der Waals surface area contributed by atoms with Crippen molar-refractivity contribution in [2.24, 2.45) is 11.8 Å². The molecule has 0 bridgehead atoms. The molecule has 36 heavy (non-hydrogen) atoms. The van der Waals surface area contributed by atoms with Gasteiger partial charge in [-0.3, -0.25) is 9.78 Å². The minimum Gasteiger partial charge on any atom is -0.372 e. The van der Waals surface area contributed by atoms with Crippen molar-refractivity contribution < 1.29 is 9.53 Å². The summed E-state index contributed by atoms with van der Waals surface area (Å²) < 4.78 is 8.38. The molecule has 8 nitrogen and oxygen atoms in total. The number of morpholine rings is 1. The summed E-state index contributed by atoms with van der Waals surface area (Å²) >= 11 is 3.57. The van der Waals surface area contributed by atoms with Crippen molar-refractivity contribution in [3.05, 3.63) is 53.2 Å². The van der Waals surface area contributed by atoms with Crippen molar-refractivity contribution >= 4 is 43.8 Å². The van der Waals surface area contributed by atoms with Gasteiger partial charge in [-0.15, -0.1) is 0 Å². The fourth-order valence-electron chi connectivity index (χ4n) is 5.74. The SMILES string of the molecule is C[C@H]1CN(C(=O)[C@@H]2CC[C@@H](Cc3ncc4c(Br)nn(-c5ccc6ncccc6c5)c4n3)C2)C[C@H](C)O1. The minimum absolute atomic E-state index is 0.0853. The van der Waals surface area contributed by atoms with Crippen molar-refractivity contribution in [2.75, 3.05) is 13.1 Å². The van der Waals surface area contributed by atoms with Crippen LogP contribution < -0.4 is 0 Å². The number of fused-ring (bicyclic) bond motifs is 2. The van der Waals surface area contributed by atoms with Crippen LogP contribution in [0, 0.1) is 11.8 Å². The van der Waals surface area contributed by atoms with E-state index in [4.69, 9.17) is 9.72 Å². The van der Waals surface area contributed by atoms with E-state index in [1.807, 2.05) is 53.9 Å². The second kappa shape index (κ2) is 9.52. The van der Waals surface area contributed by atoms with Gasteiger partial charge in [-0.25, -0.2) is 14.6 Å². The normalized spacial score (nSPS) is 24.6. The van der Waals surface area contributed by atoms with Crippen molar-refractivity contribution in [1.82, 2.24) is 29.6 Å². The van der Waals surface area contributed by atoms with Crippen LogP contribution in [0.4, 0.5) is 0 Å². The molecular weight excluding hydrogens is 520 g/mol. The Morgan fingerprint density at radius 2 is 1.97 bits per heavy atom. The molecule has 0 N–H and O–H groups in total. The number of pyridine rings is 1. The van der Waals surface area contributed by atoms with Crippen LogP contribution >= 0.6 is 15.9 Å². The molecule has 4 heterocycles. The summed E-state index contributed by atoms with van der Waals surface area (Å²) in [6, 6.07) is 10.1. The molecule has 0 spiro atoms. The number of hydrogen-bond donors (Lipinski definition) is 0. The Balaban J connectivity index is 1.21. The summed E-state index contributed by atoms with van der Waals surface area (Å²) in [5.74, 6) is 1.56. The molecule has 4 aromatic rings. The van der Waals surface area contributed by atoms with Crippen LogP contribution in [0.3, 0.4) is 0 Å². The quantitative estimate of drug-likeness (QED) is 0.366. The van der Waals surface area contributed by atoms with Gasteiger partial charge in [0, 0.05) is 43.2 Å². The fourth-order valence-corrected chi connectivity index (χ4v) is 6.17. The van der Waals surface area contributed by atoms with E-state index in [0.29, 0.717) is 19.0 Å². The van der Waals surface area contributed by atoms with Gasteiger partial charge in [0.1, 0.15) is 10.4 Å². The smallest absolute Gasteiger partial charge is 0.225 e. The maximum Gasteiger partial charge on any atom is 0.225 e. The first kappa shape index (κ1) is 23.5. The average molecular weight is 549 g/mol. The van der Waals surface area contributed by atoms with Crippen LogP contribution in [0.5, 0.6) is 0 Å². The van der Waals surface area contributed by atoms with Crippen LogP contribution in [0.2, 0.25) is 0 Å². The lowest BCUT2D eigenvalue weighted by Crippen LogP contribution is -2.49. The number of benzene rings is 1. The van der Waals surface area contributed by atoms with Crippen molar-refractivity contribution in [1.29, 1.82) is 0 Å². The Labute approximate surface area is 218 Å². The molecule has 1 saturated heterocycles. The highest BCUT2D eigenvalue weighted by atomic mass is 79.9. The van der Waals surface area contributed by atoms with Gasteiger partial charge in [0.2, 0.25) is 5.91 Å². The first-order valence-corrected chi connectivity index (χ1v) is 13.4. The van der Waals surface area contributed by atoms with Crippen LogP contribution in [0.1, 0.15) is 38.9 Å². The summed E-state index contributed by atoms with van der Waals surface area (Å²) in [5, 5.41) is 6.61. The molecular formula is C27H29BrN6O2. The van der Waals surface area contributed by atoms with Gasteiger partial charge < -0.3 is 9.64 Å². The van der Waals surface area contributed by atoms with Crippen LogP contribution in [-0.4, -0.2) is 60.8 Å². The Morgan fingerprint density at radius 1 is 1.14 bits per heavy atom. The first-order valence-electron chi connectivity index (χ1n) is 12.6. The summed E-state index contributed by atoms with van der Waals surface area (Å²) in [6.45, 7) is 5.46. The zero-order valence-corrected chi connectivity index (χ0v) is 22.1. The van der Waals surface area contributed by atoms with Gasteiger partial charge in [-0.2, -0.15) is 5.10 Å². The molecule has 4 atom stereocenters. The summed E-state index contributed by atoms with van der Waals surface area (Å²) in [5.41, 5.74) is 2.65. The number of carbonyl (C=O) groups is 1. The van der Waals surface area contributed by atoms with E-state index in [2.05, 4.69) is 37.1 Å².